The van der Waals surface area contributed by atoms with Gasteiger partial charge in [-0.3, -0.25) is 9.59 Å². The van der Waals surface area contributed by atoms with E-state index in [2.05, 4.69) is 5.32 Å². The second-order valence-corrected chi connectivity index (χ2v) is 5.96. The molecule has 3 rings (SSSR count). The molecule has 1 aliphatic carbocycles. The molecule has 1 aliphatic rings. The Hall–Kier alpha value is -2.76. The quantitative estimate of drug-likeness (QED) is 0.839. The van der Waals surface area contributed by atoms with Crippen molar-refractivity contribution in [1.82, 2.24) is 0 Å². The highest BCUT2D eigenvalue weighted by Gasteiger charge is 2.52. The predicted octanol–water partition coefficient (Wildman–Crippen LogP) is 3.81. The Bertz CT molecular complexity index is 814. The van der Waals surface area contributed by atoms with Crippen LogP contribution in [0.5, 0.6) is 0 Å². The molecule has 1 amide bonds. The second kappa shape index (κ2) is 6.63. The summed E-state index contributed by atoms with van der Waals surface area (Å²) < 4.78 is 31.9. The number of hydrogen-bond donors (Lipinski definition) is 1. The Morgan fingerprint density at radius 1 is 1.12 bits per heavy atom. The summed E-state index contributed by atoms with van der Waals surface area (Å²) in [5.74, 6) is -2.47. The molecule has 130 valence electrons. The molecule has 0 unspecified atom stereocenters. The third-order valence-corrected chi connectivity index (χ3v) is 4.28. The highest BCUT2D eigenvalue weighted by molar-refractivity contribution is 6.04. The zero-order valence-corrected chi connectivity index (χ0v) is 13.6. The van der Waals surface area contributed by atoms with Gasteiger partial charge in [0, 0.05) is 5.69 Å². The van der Waals surface area contributed by atoms with Gasteiger partial charge in [0.2, 0.25) is 0 Å². The summed E-state index contributed by atoms with van der Waals surface area (Å²) in [6.45, 7) is 2.09. The summed E-state index contributed by atoms with van der Waals surface area (Å²) in [7, 11) is 0. The van der Waals surface area contributed by atoms with E-state index in [0.29, 0.717) is 12.3 Å². The van der Waals surface area contributed by atoms with Gasteiger partial charge in [-0.1, -0.05) is 12.1 Å². The van der Waals surface area contributed by atoms with Gasteiger partial charge < -0.3 is 10.1 Å². The van der Waals surface area contributed by atoms with Gasteiger partial charge in [0.15, 0.2) is 0 Å². The molecule has 25 heavy (non-hydrogen) atoms. The molecular formula is C19H17F2NO3. The van der Waals surface area contributed by atoms with E-state index in [9.17, 15) is 18.4 Å². The number of nitrogens with one attached hydrogen (secondary N) is 1. The molecule has 2 aromatic rings. The van der Waals surface area contributed by atoms with Crippen molar-refractivity contribution >= 4 is 17.6 Å². The maximum absolute atomic E-state index is 13.6. The van der Waals surface area contributed by atoms with Crippen molar-refractivity contribution in [1.29, 1.82) is 0 Å². The van der Waals surface area contributed by atoms with Gasteiger partial charge >= 0.3 is 5.97 Å². The Balaban J connectivity index is 1.74. The summed E-state index contributed by atoms with van der Waals surface area (Å²) in [5.41, 5.74) is 0.292. The third kappa shape index (κ3) is 3.38. The molecule has 6 heteroatoms. The van der Waals surface area contributed by atoms with E-state index in [1.165, 1.54) is 0 Å². The van der Waals surface area contributed by atoms with Gasteiger partial charge in [0.1, 0.15) is 11.6 Å². The molecule has 1 N–H and O–H groups in total. The maximum atomic E-state index is 13.6. The van der Waals surface area contributed by atoms with E-state index in [-0.39, 0.29) is 11.5 Å². The van der Waals surface area contributed by atoms with Gasteiger partial charge in [-0.2, -0.15) is 0 Å². The van der Waals surface area contributed by atoms with Crippen molar-refractivity contribution in [2.24, 2.45) is 0 Å². The van der Waals surface area contributed by atoms with Crippen molar-refractivity contribution in [2.75, 3.05) is 11.9 Å². The number of halogens is 2. The number of carbonyl (C=O) groups is 2. The number of esters is 1. The van der Waals surface area contributed by atoms with Crippen LogP contribution in [0.4, 0.5) is 14.5 Å². The first kappa shape index (κ1) is 17.1. The molecule has 0 saturated heterocycles. The lowest BCUT2D eigenvalue weighted by Gasteiger charge is -2.15. The minimum Gasteiger partial charge on any atom is -0.465 e. The van der Waals surface area contributed by atoms with Crippen LogP contribution in [0.1, 0.15) is 35.7 Å². The van der Waals surface area contributed by atoms with Crippen LogP contribution < -0.4 is 5.32 Å². The lowest BCUT2D eigenvalue weighted by molar-refractivity contribution is -0.146. The summed E-state index contributed by atoms with van der Waals surface area (Å²) in [4.78, 5) is 24.2. The van der Waals surface area contributed by atoms with Crippen LogP contribution in [0.15, 0.2) is 42.5 Å². The third-order valence-electron chi connectivity index (χ3n) is 4.28. The van der Waals surface area contributed by atoms with Crippen molar-refractivity contribution < 1.29 is 23.1 Å². The first-order chi connectivity index (χ1) is 12.0. The molecule has 0 aromatic heterocycles. The first-order valence-electron chi connectivity index (χ1n) is 8.00. The molecule has 0 aliphatic heterocycles. The standard InChI is InChI=1S/C19H17F2NO3/c1-2-25-18(24)19(9-10-19)12-3-6-14(7-4-12)22-17(23)15-11-13(20)5-8-16(15)21/h3-8,11H,2,9-10H2,1H3,(H,22,23). The van der Waals surface area contributed by atoms with Crippen molar-refractivity contribution in [3.8, 4) is 0 Å². The predicted molar refractivity (Wildman–Crippen MR) is 88.3 cm³/mol. The van der Waals surface area contributed by atoms with Crippen molar-refractivity contribution in [2.45, 2.75) is 25.2 Å². The SMILES string of the molecule is CCOC(=O)C1(c2ccc(NC(=O)c3cc(F)ccc3F)cc2)CC1. The fourth-order valence-corrected chi connectivity index (χ4v) is 2.75. The van der Waals surface area contributed by atoms with E-state index in [0.717, 1.165) is 36.6 Å². The second-order valence-electron chi connectivity index (χ2n) is 5.96. The van der Waals surface area contributed by atoms with E-state index in [4.69, 9.17) is 4.74 Å². The zero-order chi connectivity index (χ0) is 18.0. The number of ether oxygens (including phenoxy) is 1. The van der Waals surface area contributed by atoms with Crippen LogP contribution in [0.3, 0.4) is 0 Å². The number of rotatable bonds is 5. The smallest absolute Gasteiger partial charge is 0.316 e. The maximum Gasteiger partial charge on any atom is 0.316 e. The topological polar surface area (TPSA) is 55.4 Å². The van der Waals surface area contributed by atoms with Crippen molar-refractivity contribution in [3.05, 3.63) is 65.2 Å². The minimum absolute atomic E-state index is 0.242. The Morgan fingerprint density at radius 3 is 2.40 bits per heavy atom. The first-order valence-corrected chi connectivity index (χ1v) is 8.00. The van der Waals surface area contributed by atoms with E-state index in [1.807, 2.05) is 0 Å². The molecule has 0 radical (unpaired) electrons. The fraction of sp³-hybridized carbons (Fsp3) is 0.263. The van der Waals surface area contributed by atoms with Crippen LogP contribution in [0.2, 0.25) is 0 Å². The van der Waals surface area contributed by atoms with Crippen LogP contribution >= 0.6 is 0 Å². The number of benzene rings is 2. The normalized spacial score (nSPS) is 14.7. The average Bonchev–Trinajstić information content (AvgIpc) is 3.40. The highest BCUT2D eigenvalue weighted by Crippen LogP contribution is 2.49. The average molecular weight is 345 g/mol. The molecule has 0 atom stereocenters. The van der Waals surface area contributed by atoms with Crippen molar-refractivity contribution in [3.63, 3.8) is 0 Å². The van der Waals surface area contributed by atoms with Crippen LogP contribution in [-0.4, -0.2) is 18.5 Å². The lowest BCUT2D eigenvalue weighted by atomic mass is 9.96. The lowest BCUT2D eigenvalue weighted by Crippen LogP contribution is -2.23. The molecule has 0 spiro atoms. The molecule has 1 fully saturated rings. The molecule has 0 bridgehead atoms. The Labute approximate surface area is 143 Å². The number of anilines is 1. The van der Waals surface area contributed by atoms with Crippen LogP contribution in [0, 0.1) is 11.6 Å². The summed E-state index contributed by atoms with van der Waals surface area (Å²) in [6, 6.07) is 9.43. The molecular weight excluding hydrogens is 328 g/mol. The van der Waals surface area contributed by atoms with Gasteiger partial charge in [0.05, 0.1) is 17.6 Å². The van der Waals surface area contributed by atoms with Gasteiger partial charge in [-0.25, -0.2) is 8.78 Å². The zero-order valence-electron chi connectivity index (χ0n) is 13.6. The number of hydrogen-bond acceptors (Lipinski definition) is 3. The Kier molecular flexibility index (Phi) is 4.53. The molecule has 0 heterocycles. The van der Waals surface area contributed by atoms with Gasteiger partial charge in [0.25, 0.3) is 5.91 Å². The fourth-order valence-electron chi connectivity index (χ4n) is 2.75. The molecule has 2 aromatic carbocycles. The highest BCUT2D eigenvalue weighted by atomic mass is 19.1. The van der Waals surface area contributed by atoms with Crippen LogP contribution in [-0.2, 0) is 14.9 Å². The summed E-state index contributed by atoms with van der Waals surface area (Å²) in [5, 5.41) is 2.52. The molecule has 4 nitrogen and oxygen atoms in total. The number of amides is 1. The largest absolute Gasteiger partial charge is 0.465 e. The monoisotopic (exact) mass is 345 g/mol. The Morgan fingerprint density at radius 2 is 1.80 bits per heavy atom. The van der Waals surface area contributed by atoms with E-state index >= 15 is 0 Å². The van der Waals surface area contributed by atoms with E-state index < -0.39 is 23.0 Å². The van der Waals surface area contributed by atoms with E-state index in [1.54, 1.807) is 31.2 Å². The summed E-state index contributed by atoms with van der Waals surface area (Å²) in [6.07, 6.45) is 1.46. The minimum atomic E-state index is -0.797. The van der Waals surface area contributed by atoms with Gasteiger partial charge in [-0.05, 0) is 55.7 Å². The van der Waals surface area contributed by atoms with Crippen LogP contribution in [0.25, 0.3) is 0 Å². The summed E-state index contributed by atoms with van der Waals surface area (Å²) >= 11 is 0. The van der Waals surface area contributed by atoms with Gasteiger partial charge in [-0.15, -0.1) is 0 Å². The molecule has 1 saturated carbocycles. The number of carbonyl (C=O) groups excluding carboxylic acids is 2.